The van der Waals surface area contributed by atoms with E-state index in [1.807, 2.05) is 0 Å². The van der Waals surface area contributed by atoms with Crippen LogP contribution in [0.2, 0.25) is 0 Å². The first-order chi connectivity index (χ1) is 8.65. The van der Waals surface area contributed by atoms with Gasteiger partial charge in [0.25, 0.3) is 11.7 Å². The first kappa shape index (κ1) is 11.8. The number of anilines is 1. The number of rotatable bonds is 3. The number of para-hydroxylation sites is 1. The molecule has 0 fully saturated rings. The molecule has 1 aromatic carbocycles. The molecule has 0 radical (unpaired) electrons. The van der Waals surface area contributed by atoms with Crippen LogP contribution in [0.25, 0.3) is 0 Å². The molecule has 6 nitrogen and oxygen atoms in total. The summed E-state index contributed by atoms with van der Waals surface area (Å²) in [6.45, 7) is -0.389. The van der Waals surface area contributed by atoms with E-state index in [1.54, 1.807) is 30.3 Å². The van der Waals surface area contributed by atoms with Gasteiger partial charge in [-0.3, -0.25) is 19.3 Å². The maximum absolute atomic E-state index is 11.7. The summed E-state index contributed by atoms with van der Waals surface area (Å²) in [4.78, 5) is 35.9. The molecule has 1 N–H and O–H groups in total. The number of carbonyl (C=O) groups excluding carboxylic acids is 3. The summed E-state index contributed by atoms with van der Waals surface area (Å²) < 4.78 is 0. The smallest absolute Gasteiger partial charge is 0.299 e. The number of carbonyl (C=O) groups is 3. The fourth-order valence-corrected chi connectivity index (χ4v) is 1.74. The Labute approximate surface area is 103 Å². The van der Waals surface area contributed by atoms with Crippen molar-refractivity contribution in [3.05, 3.63) is 29.8 Å². The van der Waals surface area contributed by atoms with Crippen LogP contribution < -0.4 is 10.2 Å². The molecule has 18 heavy (non-hydrogen) atoms. The first-order valence-electron chi connectivity index (χ1n) is 5.24. The van der Waals surface area contributed by atoms with Gasteiger partial charge in [-0.1, -0.05) is 12.1 Å². The van der Waals surface area contributed by atoms with Crippen molar-refractivity contribution in [2.75, 3.05) is 18.0 Å². The molecule has 2 amide bonds. The highest BCUT2D eigenvalue weighted by Gasteiger charge is 2.36. The standard InChI is InChI=1S/C12H9N3O3/c13-5-6-14-10(16)7-15-9-4-2-1-3-8(9)11(17)12(15)18/h1-4H,6-7H2,(H,14,16). The van der Waals surface area contributed by atoms with Crippen LogP contribution in [0.1, 0.15) is 10.4 Å². The summed E-state index contributed by atoms with van der Waals surface area (Å²) in [7, 11) is 0. The Morgan fingerprint density at radius 3 is 2.78 bits per heavy atom. The lowest BCUT2D eigenvalue weighted by molar-refractivity contribution is -0.121. The molecule has 1 aliphatic heterocycles. The highest BCUT2D eigenvalue weighted by Crippen LogP contribution is 2.27. The summed E-state index contributed by atoms with van der Waals surface area (Å²) in [5.74, 6) is -1.81. The third-order valence-electron chi connectivity index (χ3n) is 2.55. The molecule has 0 unspecified atom stereocenters. The van der Waals surface area contributed by atoms with Crippen molar-refractivity contribution >= 4 is 23.3 Å². The third kappa shape index (κ3) is 1.94. The van der Waals surface area contributed by atoms with Crippen molar-refractivity contribution in [1.82, 2.24) is 5.32 Å². The molecular formula is C12H9N3O3. The fraction of sp³-hybridized carbons (Fsp3) is 0.167. The van der Waals surface area contributed by atoms with Crippen LogP contribution in [0.3, 0.4) is 0 Å². The minimum atomic E-state index is -0.719. The number of nitriles is 1. The number of hydrogen-bond acceptors (Lipinski definition) is 4. The van der Waals surface area contributed by atoms with Crippen LogP contribution in [-0.2, 0) is 9.59 Å². The molecule has 0 aliphatic carbocycles. The van der Waals surface area contributed by atoms with Crippen molar-refractivity contribution in [2.45, 2.75) is 0 Å². The van der Waals surface area contributed by atoms with E-state index in [0.29, 0.717) is 11.3 Å². The van der Waals surface area contributed by atoms with Gasteiger partial charge in [-0.15, -0.1) is 0 Å². The van der Waals surface area contributed by atoms with Gasteiger partial charge in [0.2, 0.25) is 5.91 Å². The fourth-order valence-electron chi connectivity index (χ4n) is 1.74. The molecule has 90 valence electrons. The van der Waals surface area contributed by atoms with E-state index < -0.39 is 17.6 Å². The number of benzene rings is 1. The van der Waals surface area contributed by atoms with E-state index in [2.05, 4.69) is 5.32 Å². The zero-order valence-corrected chi connectivity index (χ0v) is 9.34. The summed E-state index contributed by atoms with van der Waals surface area (Å²) in [5.41, 5.74) is 0.732. The second-order valence-corrected chi connectivity index (χ2v) is 3.67. The molecule has 6 heteroatoms. The Kier molecular flexibility index (Phi) is 3.06. The normalized spacial score (nSPS) is 13.2. The summed E-state index contributed by atoms with van der Waals surface area (Å²) in [6.07, 6.45) is 0. The second-order valence-electron chi connectivity index (χ2n) is 3.67. The van der Waals surface area contributed by atoms with Gasteiger partial charge in [-0.2, -0.15) is 5.26 Å². The van der Waals surface area contributed by atoms with Gasteiger partial charge in [0, 0.05) is 0 Å². The van der Waals surface area contributed by atoms with E-state index in [-0.39, 0.29) is 13.1 Å². The van der Waals surface area contributed by atoms with Gasteiger partial charge < -0.3 is 5.32 Å². The SMILES string of the molecule is N#CCNC(=O)CN1C(=O)C(=O)c2ccccc21. The van der Waals surface area contributed by atoms with Crippen molar-refractivity contribution in [2.24, 2.45) is 0 Å². The molecule has 0 spiro atoms. The van der Waals surface area contributed by atoms with Gasteiger partial charge in [-0.05, 0) is 12.1 Å². The monoisotopic (exact) mass is 243 g/mol. The highest BCUT2D eigenvalue weighted by molar-refractivity contribution is 6.52. The van der Waals surface area contributed by atoms with Crippen molar-refractivity contribution in [1.29, 1.82) is 5.26 Å². The third-order valence-corrected chi connectivity index (χ3v) is 2.55. The van der Waals surface area contributed by atoms with Crippen molar-refractivity contribution in [3.63, 3.8) is 0 Å². The van der Waals surface area contributed by atoms with Gasteiger partial charge >= 0.3 is 0 Å². The van der Waals surface area contributed by atoms with E-state index in [4.69, 9.17) is 5.26 Å². The lowest BCUT2D eigenvalue weighted by Crippen LogP contribution is -2.40. The van der Waals surface area contributed by atoms with Crippen LogP contribution >= 0.6 is 0 Å². The van der Waals surface area contributed by atoms with Crippen molar-refractivity contribution in [3.8, 4) is 6.07 Å². The van der Waals surface area contributed by atoms with Crippen LogP contribution in [0.15, 0.2) is 24.3 Å². The van der Waals surface area contributed by atoms with E-state index in [1.165, 1.54) is 0 Å². The molecule has 2 rings (SSSR count). The van der Waals surface area contributed by atoms with Crippen LogP contribution in [0.4, 0.5) is 5.69 Å². The number of amides is 2. The maximum atomic E-state index is 11.7. The zero-order chi connectivity index (χ0) is 13.1. The molecule has 1 aliphatic rings. The largest absolute Gasteiger partial charge is 0.341 e. The first-order valence-corrected chi connectivity index (χ1v) is 5.24. The van der Waals surface area contributed by atoms with E-state index >= 15 is 0 Å². The predicted octanol–water partition coefficient (Wildman–Crippen LogP) is -0.144. The Hall–Kier alpha value is -2.68. The highest BCUT2D eigenvalue weighted by atomic mass is 16.2. The van der Waals surface area contributed by atoms with Crippen LogP contribution in [0, 0.1) is 11.3 Å². The van der Waals surface area contributed by atoms with Gasteiger partial charge in [-0.25, -0.2) is 0 Å². The average molecular weight is 243 g/mol. The number of fused-ring (bicyclic) bond motifs is 1. The Morgan fingerprint density at radius 1 is 1.33 bits per heavy atom. The minimum absolute atomic E-state index is 0.129. The Morgan fingerprint density at radius 2 is 2.06 bits per heavy atom. The van der Waals surface area contributed by atoms with Gasteiger partial charge in [0.15, 0.2) is 0 Å². The van der Waals surface area contributed by atoms with Crippen LogP contribution in [-0.4, -0.2) is 30.7 Å². The molecule has 0 atom stereocenters. The number of nitrogens with one attached hydrogen (secondary N) is 1. The summed E-state index contributed by atoms with van der Waals surface area (Å²) >= 11 is 0. The van der Waals surface area contributed by atoms with Crippen molar-refractivity contribution < 1.29 is 14.4 Å². The van der Waals surface area contributed by atoms with Gasteiger partial charge in [0.1, 0.15) is 13.1 Å². The topological polar surface area (TPSA) is 90.3 Å². The number of Topliss-reactive ketones (excluding diaryl/α,β-unsaturated/α-hetero) is 1. The minimum Gasteiger partial charge on any atom is -0.341 e. The van der Waals surface area contributed by atoms with Gasteiger partial charge in [0.05, 0.1) is 17.3 Å². The number of hydrogen-bond donors (Lipinski definition) is 1. The van der Waals surface area contributed by atoms with E-state index in [0.717, 1.165) is 4.90 Å². The maximum Gasteiger partial charge on any atom is 0.299 e. The molecule has 0 saturated carbocycles. The molecule has 0 bridgehead atoms. The molecule has 1 heterocycles. The lowest BCUT2D eigenvalue weighted by atomic mass is 10.1. The number of nitrogens with zero attached hydrogens (tertiary/aromatic N) is 2. The predicted molar refractivity (Wildman–Crippen MR) is 61.7 cm³/mol. The molecule has 1 aromatic rings. The molecule has 0 aromatic heterocycles. The molecule has 0 saturated heterocycles. The van der Waals surface area contributed by atoms with E-state index in [9.17, 15) is 14.4 Å². The lowest BCUT2D eigenvalue weighted by Gasteiger charge is -2.15. The number of ketones is 1. The van der Waals surface area contributed by atoms with Crippen LogP contribution in [0.5, 0.6) is 0 Å². The quantitative estimate of drug-likeness (QED) is 0.590. The average Bonchev–Trinajstić information content (AvgIpc) is 2.62. The molecular weight excluding hydrogens is 234 g/mol. The second kappa shape index (κ2) is 4.67. The summed E-state index contributed by atoms with van der Waals surface area (Å²) in [5, 5.41) is 10.6. The zero-order valence-electron chi connectivity index (χ0n) is 9.34. The summed E-state index contributed by atoms with van der Waals surface area (Å²) in [6, 6.07) is 8.25. The Bertz CT molecular complexity index is 574. The Balaban J connectivity index is 2.20.